The van der Waals surface area contributed by atoms with Crippen molar-refractivity contribution in [2.24, 2.45) is 0 Å². The maximum Gasteiger partial charge on any atom is 0.272 e. The Morgan fingerprint density at radius 1 is 1.05 bits per heavy atom. The van der Waals surface area contributed by atoms with E-state index < -0.39 is 0 Å². The summed E-state index contributed by atoms with van der Waals surface area (Å²) in [5, 5.41) is 9.36. The van der Waals surface area contributed by atoms with Crippen LogP contribution in [0.1, 0.15) is 30.6 Å². The van der Waals surface area contributed by atoms with E-state index in [1.54, 1.807) is 42.1 Å². The largest absolute Gasteiger partial charge is 0.376 e. The molecule has 6 rings (SSSR count). The summed E-state index contributed by atoms with van der Waals surface area (Å²) in [4.78, 5) is 45.5. The highest BCUT2D eigenvalue weighted by Crippen LogP contribution is 2.39. The predicted molar refractivity (Wildman–Crippen MR) is 156 cm³/mol. The molecule has 2 N–H and O–H groups in total. The van der Waals surface area contributed by atoms with Crippen LogP contribution >= 0.6 is 22.7 Å². The molecule has 0 radical (unpaired) electrons. The fourth-order valence-corrected chi connectivity index (χ4v) is 6.50. The van der Waals surface area contributed by atoms with E-state index >= 15 is 0 Å². The second-order valence-electron chi connectivity index (χ2n) is 9.28. The number of benzene rings is 1. The van der Waals surface area contributed by atoms with Crippen molar-refractivity contribution in [2.45, 2.75) is 13.0 Å². The van der Waals surface area contributed by atoms with Crippen LogP contribution in [0.5, 0.6) is 0 Å². The fraction of sp³-hybridized carbons (Fsp3) is 0.179. The number of pyridine rings is 1. The second-order valence-corrected chi connectivity index (χ2v) is 11.3. The molecule has 4 aromatic heterocycles. The fourth-order valence-electron chi connectivity index (χ4n) is 4.68. The van der Waals surface area contributed by atoms with Crippen molar-refractivity contribution in [3.63, 3.8) is 0 Å². The van der Waals surface area contributed by atoms with Gasteiger partial charge in [0.25, 0.3) is 11.8 Å². The molecule has 0 unspecified atom stereocenters. The molecule has 1 aliphatic rings. The molecule has 5 heterocycles. The van der Waals surface area contributed by atoms with E-state index in [9.17, 15) is 9.59 Å². The molecule has 0 aliphatic carbocycles. The maximum absolute atomic E-state index is 13.0. The molecule has 11 heteroatoms. The molecule has 0 saturated carbocycles. The molecular formula is C28H25N7O2S2. The van der Waals surface area contributed by atoms with E-state index in [1.807, 2.05) is 59.6 Å². The molecule has 196 valence electrons. The van der Waals surface area contributed by atoms with Gasteiger partial charge in [0.05, 0.1) is 28.2 Å². The third kappa shape index (κ3) is 4.93. The average Bonchev–Trinajstić information content (AvgIpc) is 3.62. The van der Waals surface area contributed by atoms with Gasteiger partial charge in [0.2, 0.25) is 0 Å². The van der Waals surface area contributed by atoms with E-state index in [1.165, 1.54) is 16.9 Å². The van der Waals surface area contributed by atoms with Gasteiger partial charge in [-0.1, -0.05) is 12.1 Å². The van der Waals surface area contributed by atoms with Crippen LogP contribution in [0, 0.1) is 0 Å². The molecule has 1 aliphatic heterocycles. The molecule has 2 amide bonds. The summed E-state index contributed by atoms with van der Waals surface area (Å²) < 4.78 is 0. The number of rotatable bonds is 6. The third-order valence-corrected chi connectivity index (χ3v) is 8.54. The summed E-state index contributed by atoms with van der Waals surface area (Å²) in [7, 11) is 3.88. The Morgan fingerprint density at radius 2 is 1.95 bits per heavy atom. The number of nitrogens with one attached hydrogen (secondary N) is 2. The Kier molecular flexibility index (Phi) is 6.67. The third-order valence-electron chi connectivity index (χ3n) is 6.54. The Labute approximate surface area is 233 Å². The van der Waals surface area contributed by atoms with Crippen LogP contribution in [-0.4, -0.2) is 52.3 Å². The van der Waals surface area contributed by atoms with Gasteiger partial charge in [-0.25, -0.2) is 9.97 Å². The van der Waals surface area contributed by atoms with Crippen molar-refractivity contribution < 1.29 is 9.59 Å². The number of carbonyl (C=O) groups excluding carboxylic acids is 2. The molecule has 0 atom stereocenters. The number of anilines is 4. The van der Waals surface area contributed by atoms with Crippen LogP contribution in [-0.2, 0) is 13.0 Å². The molecule has 0 saturated heterocycles. The zero-order valence-electron chi connectivity index (χ0n) is 21.3. The van der Waals surface area contributed by atoms with E-state index in [-0.39, 0.29) is 11.8 Å². The van der Waals surface area contributed by atoms with Gasteiger partial charge in [-0.15, -0.1) is 22.7 Å². The van der Waals surface area contributed by atoms with E-state index in [0.717, 1.165) is 26.5 Å². The van der Waals surface area contributed by atoms with Crippen LogP contribution in [0.3, 0.4) is 0 Å². The minimum absolute atomic E-state index is 0.0683. The Bertz CT molecular complexity index is 1670. The summed E-state index contributed by atoms with van der Waals surface area (Å²) in [6.45, 7) is 1.11. The zero-order valence-corrected chi connectivity index (χ0v) is 23.0. The van der Waals surface area contributed by atoms with Crippen molar-refractivity contribution in [3.05, 3.63) is 87.4 Å². The van der Waals surface area contributed by atoms with Gasteiger partial charge in [0, 0.05) is 37.4 Å². The van der Waals surface area contributed by atoms with Crippen LogP contribution in [0.25, 0.3) is 10.2 Å². The molecule has 0 bridgehead atoms. The number of hydrogen-bond donors (Lipinski definition) is 2. The van der Waals surface area contributed by atoms with Crippen LogP contribution in [0.2, 0.25) is 0 Å². The standard InChI is InChI=1S/C28H25N7O2S2/c1-34(2)21-9-8-17(14-20(21)33-26(36)22-7-5-13-38-22)32-25-24-18-10-12-35(28(37)19-6-3-4-11-29-19)15-23(18)39-27(24)31-16-30-25/h3-9,11,13-14,16H,10,12,15H2,1-2H3,(H,33,36)(H,30,31,32). The first-order chi connectivity index (χ1) is 19.0. The highest BCUT2D eigenvalue weighted by atomic mass is 32.1. The van der Waals surface area contributed by atoms with E-state index in [2.05, 4.69) is 25.6 Å². The van der Waals surface area contributed by atoms with Crippen molar-refractivity contribution >= 4 is 67.6 Å². The lowest BCUT2D eigenvalue weighted by atomic mass is 10.0. The lowest BCUT2D eigenvalue weighted by Crippen LogP contribution is -2.35. The van der Waals surface area contributed by atoms with E-state index in [4.69, 9.17) is 0 Å². The zero-order chi connectivity index (χ0) is 26.9. The minimum atomic E-state index is -0.147. The van der Waals surface area contributed by atoms with E-state index in [0.29, 0.717) is 41.6 Å². The van der Waals surface area contributed by atoms with Crippen molar-refractivity contribution in [2.75, 3.05) is 36.2 Å². The van der Waals surface area contributed by atoms with Gasteiger partial charge >= 0.3 is 0 Å². The van der Waals surface area contributed by atoms with Crippen LogP contribution < -0.4 is 15.5 Å². The number of amides is 2. The summed E-state index contributed by atoms with van der Waals surface area (Å²) in [5.74, 6) is 0.489. The monoisotopic (exact) mass is 555 g/mol. The van der Waals surface area contributed by atoms with Crippen molar-refractivity contribution in [1.29, 1.82) is 0 Å². The molecular weight excluding hydrogens is 530 g/mol. The smallest absolute Gasteiger partial charge is 0.272 e. The molecule has 0 spiro atoms. The number of hydrogen-bond acceptors (Lipinski definition) is 9. The number of nitrogens with zero attached hydrogens (tertiary/aromatic N) is 5. The number of carbonyl (C=O) groups is 2. The van der Waals surface area contributed by atoms with Crippen molar-refractivity contribution in [1.82, 2.24) is 19.9 Å². The van der Waals surface area contributed by atoms with Crippen LogP contribution in [0.15, 0.2) is 66.4 Å². The second kappa shape index (κ2) is 10.4. The molecule has 39 heavy (non-hydrogen) atoms. The summed E-state index contributed by atoms with van der Waals surface area (Å²) in [6.07, 6.45) is 3.90. The quantitative estimate of drug-likeness (QED) is 0.289. The Hall–Kier alpha value is -4.35. The first kappa shape index (κ1) is 25.0. The van der Waals surface area contributed by atoms with Gasteiger partial charge in [-0.3, -0.25) is 14.6 Å². The van der Waals surface area contributed by atoms with Crippen LogP contribution in [0.4, 0.5) is 22.9 Å². The van der Waals surface area contributed by atoms with Gasteiger partial charge < -0.3 is 20.4 Å². The predicted octanol–water partition coefficient (Wildman–Crippen LogP) is 5.41. The summed E-state index contributed by atoms with van der Waals surface area (Å²) in [6, 6.07) is 14.9. The number of thiophene rings is 2. The molecule has 1 aromatic carbocycles. The highest BCUT2D eigenvalue weighted by molar-refractivity contribution is 7.19. The first-order valence-electron chi connectivity index (χ1n) is 12.4. The molecule has 0 fully saturated rings. The van der Waals surface area contributed by atoms with Gasteiger partial charge in [0.1, 0.15) is 22.7 Å². The lowest BCUT2D eigenvalue weighted by Gasteiger charge is -2.26. The van der Waals surface area contributed by atoms with Gasteiger partial charge in [-0.2, -0.15) is 0 Å². The topological polar surface area (TPSA) is 103 Å². The lowest BCUT2D eigenvalue weighted by molar-refractivity contribution is 0.0731. The number of fused-ring (bicyclic) bond motifs is 3. The summed E-state index contributed by atoms with van der Waals surface area (Å²) in [5.41, 5.74) is 4.00. The molecule has 9 nitrogen and oxygen atoms in total. The minimum Gasteiger partial charge on any atom is -0.376 e. The SMILES string of the molecule is CN(C)c1ccc(Nc2ncnc3sc4c(c23)CCN(C(=O)c2ccccn2)C4)cc1NC(=O)c1cccs1. The van der Waals surface area contributed by atoms with Gasteiger partial charge in [-0.05, 0) is 53.8 Å². The number of aromatic nitrogens is 3. The summed E-state index contributed by atoms with van der Waals surface area (Å²) >= 11 is 2.99. The Morgan fingerprint density at radius 3 is 2.72 bits per heavy atom. The Balaban J connectivity index is 1.29. The van der Waals surface area contributed by atoms with Crippen molar-refractivity contribution in [3.8, 4) is 0 Å². The van der Waals surface area contributed by atoms with Gasteiger partial charge in [0.15, 0.2) is 0 Å². The molecule has 5 aromatic rings. The highest BCUT2D eigenvalue weighted by Gasteiger charge is 2.27. The normalized spacial score (nSPS) is 12.7. The first-order valence-corrected chi connectivity index (χ1v) is 14.1. The maximum atomic E-state index is 13.0. The average molecular weight is 556 g/mol.